The van der Waals surface area contributed by atoms with Crippen LogP contribution in [0.1, 0.15) is 24.9 Å². The van der Waals surface area contributed by atoms with E-state index in [2.05, 4.69) is 5.32 Å². The SMILES string of the molecule is CNC(C)c1cccc(F)c1N(C)C1CCOC1. The summed E-state index contributed by atoms with van der Waals surface area (Å²) in [5.74, 6) is -0.163. The summed E-state index contributed by atoms with van der Waals surface area (Å²) in [6.45, 7) is 3.48. The summed E-state index contributed by atoms with van der Waals surface area (Å²) in [6.07, 6.45) is 0.957. The number of likely N-dealkylation sites (N-methyl/N-ethyl adjacent to an activating group) is 1. The highest BCUT2D eigenvalue weighted by Gasteiger charge is 2.25. The van der Waals surface area contributed by atoms with Gasteiger partial charge >= 0.3 is 0 Å². The maximum atomic E-state index is 14.1. The minimum absolute atomic E-state index is 0.125. The van der Waals surface area contributed by atoms with E-state index in [-0.39, 0.29) is 17.9 Å². The predicted octanol–water partition coefficient (Wildman–Crippen LogP) is 2.33. The van der Waals surface area contributed by atoms with Gasteiger partial charge in [0.1, 0.15) is 5.82 Å². The Morgan fingerprint density at radius 2 is 2.28 bits per heavy atom. The Morgan fingerprint density at radius 1 is 1.50 bits per heavy atom. The van der Waals surface area contributed by atoms with Gasteiger partial charge in [0, 0.05) is 19.7 Å². The van der Waals surface area contributed by atoms with E-state index in [1.54, 1.807) is 6.07 Å². The summed E-state index contributed by atoms with van der Waals surface area (Å²) in [5.41, 5.74) is 1.68. The Balaban J connectivity index is 2.34. The highest BCUT2D eigenvalue weighted by atomic mass is 19.1. The first-order valence-electron chi connectivity index (χ1n) is 6.41. The minimum atomic E-state index is -0.163. The van der Waals surface area contributed by atoms with Crippen LogP contribution in [-0.4, -0.2) is 33.4 Å². The second-order valence-electron chi connectivity index (χ2n) is 4.82. The number of nitrogens with zero attached hydrogens (tertiary/aromatic N) is 1. The van der Waals surface area contributed by atoms with Crippen LogP contribution in [0.5, 0.6) is 0 Å². The minimum Gasteiger partial charge on any atom is -0.379 e. The number of benzene rings is 1. The van der Waals surface area contributed by atoms with Crippen molar-refractivity contribution in [2.24, 2.45) is 0 Å². The van der Waals surface area contributed by atoms with Crippen molar-refractivity contribution in [1.82, 2.24) is 5.32 Å². The van der Waals surface area contributed by atoms with E-state index >= 15 is 0 Å². The molecule has 100 valence electrons. The lowest BCUT2D eigenvalue weighted by Crippen LogP contribution is -2.34. The first-order chi connectivity index (χ1) is 8.65. The van der Waals surface area contributed by atoms with Crippen LogP contribution in [0.25, 0.3) is 0 Å². The van der Waals surface area contributed by atoms with Crippen LogP contribution in [0, 0.1) is 5.82 Å². The van der Waals surface area contributed by atoms with Crippen molar-refractivity contribution in [3.63, 3.8) is 0 Å². The molecule has 1 aliphatic heterocycles. The average molecular weight is 252 g/mol. The Bertz CT molecular complexity index is 405. The Kier molecular flexibility index (Phi) is 4.19. The standard InChI is InChI=1S/C14H21FN2O/c1-10(16-2)12-5-4-6-13(15)14(12)17(3)11-7-8-18-9-11/h4-6,10-11,16H,7-9H2,1-3H3. The molecule has 1 saturated heterocycles. The zero-order valence-electron chi connectivity index (χ0n) is 11.2. The van der Waals surface area contributed by atoms with Gasteiger partial charge in [-0.15, -0.1) is 0 Å². The molecule has 2 rings (SSSR count). The molecule has 0 radical (unpaired) electrons. The Hall–Kier alpha value is -1.13. The van der Waals surface area contributed by atoms with Crippen LogP contribution >= 0.6 is 0 Å². The lowest BCUT2D eigenvalue weighted by atomic mass is 10.0. The van der Waals surface area contributed by atoms with E-state index in [4.69, 9.17) is 4.74 Å². The number of para-hydroxylation sites is 1. The van der Waals surface area contributed by atoms with Crippen molar-refractivity contribution >= 4 is 5.69 Å². The van der Waals surface area contributed by atoms with E-state index in [1.165, 1.54) is 6.07 Å². The normalized spacial score (nSPS) is 21.0. The van der Waals surface area contributed by atoms with Crippen LogP contribution in [0.4, 0.5) is 10.1 Å². The average Bonchev–Trinajstić information content (AvgIpc) is 2.90. The number of ether oxygens (including phenoxy) is 1. The van der Waals surface area contributed by atoms with E-state index in [0.29, 0.717) is 12.3 Å². The highest BCUT2D eigenvalue weighted by molar-refractivity contribution is 5.56. The summed E-state index contributed by atoms with van der Waals surface area (Å²) in [6, 6.07) is 5.66. The number of rotatable bonds is 4. The van der Waals surface area contributed by atoms with Gasteiger partial charge in [-0.1, -0.05) is 12.1 Å². The highest BCUT2D eigenvalue weighted by Crippen LogP contribution is 2.31. The zero-order valence-corrected chi connectivity index (χ0v) is 11.2. The first-order valence-corrected chi connectivity index (χ1v) is 6.41. The molecule has 0 bridgehead atoms. The molecule has 1 aromatic rings. The molecule has 1 N–H and O–H groups in total. The Morgan fingerprint density at radius 3 is 2.89 bits per heavy atom. The van der Waals surface area contributed by atoms with E-state index in [1.807, 2.05) is 32.0 Å². The largest absolute Gasteiger partial charge is 0.379 e. The smallest absolute Gasteiger partial charge is 0.146 e. The quantitative estimate of drug-likeness (QED) is 0.890. The Labute approximate surface area is 108 Å². The van der Waals surface area contributed by atoms with Crippen LogP contribution in [0.2, 0.25) is 0 Å². The summed E-state index contributed by atoms with van der Waals surface area (Å²) in [7, 11) is 3.83. The predicted molar refractivity (Wildman–Crippen MR) is 71.5 cm³/mol. The second-order valence-corrected chi connectivity index (χ2v) is 4.82. The number of hydrogen-bond acceptors (Lipinski definition) is 3. The van der Waals surface area contributed by atoms with Gasteiger partial charge in [-0.25, -0.2) is 4.39 Å². The topological polar surface area (TPSA) is 24.5 Å². The molecule has 1 fully saturated rings. The molecule has 1 aromatic carbocycles. The summed E-state index contributed by atoms with van der Waals surface area (Å²) < 4.78 is 19.5. The van der Waals surface area contributed by atoms with E-state index in [0.717, 1.165) is 18.6 Å². The maximum Gasteiger partial charge on any atom is 0.146 e. The molecule has 2 unspecified atom stereocenters. The van der Waals surface area contributed by atoms with Gasteiger partial charge in [0.25, 0.3) is 0 Å². The number of hydrogen-bond donors (Lipinski definition) is 1. The molecule has 2 atom stereocenters. The molecular formula is C14H21FN2O. The van der Waals surface area contributed by atoms with Crippen molar-refractivity contribution in [3.05, 3.63) is 29.6 Å². The molecular weight excluding hydrogens is 231 g/mol. The van der Waals surface area contributed by atoms with E-state index < -0.39 is 0 Å². The lowest BCUT2D eigenvalue weighted by Gasteiger charge is -2.29. The van der Waals surface area contributed by atoms with Gasteiger partial charge < -0.3 is 15.0 Å². The number of anilines is 1. The van der Waals surface area contributed by atoms with Crippen molar-refractivity contribution in [3.8, 4) is 0 Å². The van der Waals surface area contributed by atoms with Gasteiger partial charge in [-0.2, -0.15) is 0 Å². The lowest BCUT2D eigenvalue weighted by molar-refractivity contribution is 0.193. The molecule has 3 nitrogen and oxygen atoms in total. The van der Waals surface area contributed by atoms with Crippen molar-refractivity contribution in [1.29, 1.82) is 0 Å². The van der Waals surface area contributed by atoms with Gasteiger partial charge in [0.05, 0.1) is 18.3 Å². The summed E-state index contributed by atoms with van der Waals surface area (Å²) in [4.78, 5) is 2.02. The second kappa shape index (κ2) is 5.67. The molecule has 0 aliphatic carbocycles. The van der Waals surface area contributed by atoms with Crippen LogP contribution in [0.3, 0.4) is 0 Å². The molecule has 18 heavy (non-hydrogen) atoms. The summed E-state index contributed by atoms with van der Waals surface area (Å²) in [5, 5.41) is 3.17. The number of nitrogens with one attached hydrogen (secondary N) is 1. The third-order valence-corrected chi connectivity index (χ3v) is 3.72. The third kappa shape index (κ3) is 2.49. The fourth-order valence-electron chi connectivity index (χ4n) is 2.42. The monoisotopic (exact) mass is 252 g/mol. The third-order valence-electron chi connectivity index (χ3n) is 3.72. The fourth-order valence-corrected chi connectivity index (χ4v) is 2.42. The van der Waals surface area contributed by atoms with Crippen LogP contribution < -0.4 is 10.2 Å². The van der Waals surface area contributed by atoms with E-state index in [9.17, 15) is 4.39 Å². The molecule has 0 spiro atoms. The fraction of sp³-hybridized carbons (Fsp3) is 0.571. The molecule has 1 heterocycles. The zero-order chi connectivity index (χ0) is 13.1. The van der Waals surface area contributed by atoms with Gasteiger partial charge in [-0.3, -0.25) is 0 Å². The van der Waals surface area contributed by atoms with Crippen LogP contribution in [-0.2, 0) is 4.74 Å². The number of halogens is 1. The molecule has 0 saturated carbocycles. The van der Waals surface area contributed by atoms with Crippen molar-refractivity contribution < 1.29 is 9.13 Å². The van der Waals surface area contributed by atoms with Crippen molar-refractivity contribution in [2.45, 2.75) is 25.4 Å². The molecule has 0 amide bonds. The molecule has 4 heteroatoms. The van der Waals surface area contributed by atoms with Crippen molar-refractivity contribution in [2.75, 3.05) is 32.2 Å². The van der Waals surface area contributed by atoms with Crippen LogP contribution in [0.15, 0.2) is 18.2 Å². The van der Waals surface area contributed by atoms with Gasteiger partial charge in [-0.05, 0) is 32.0 Å². The molecule has 1 aliphatic rings. The molecule has 0 aromatic heterocycles. The van der Waals surface area contributed by atoms with Gasteiger partial charge in [0.2, 0.25) is 0 Å². The maximum absolute atomic E-state index is 14.1. The summed E-state index contributed by atoms with van der Waals surface area (Å²) >= 11 is 0. The van der Waals surface area contributed by atoms with Gasteiger partial charge in [0.15, 0.2) is 0 Å². The first kappa shape index (κ1) is 13.3.